The molecule has 0 spiro atoms. The maximum absolute atomic E-state index is 12.0. The largest absolute Gasteiger partial charge is 0.397 e. The average molecular weight is 258 g/mol. The molecular weight excluding hydrogens is 244 g/mol. The van der Waals surface area contributed by atoms with Crippen LogP contribution in [0.3, 0.4) is 0 Å². The van der Waals surface area contributed by atoms with Crippen molar-refractivity contribution in [3.8, 4) is 0 Å². The molecular formula is C15H14O2S. The zero-order chi connectivity index (χ0) is 13.0. The van der Waals surface area contributed by atoms with Crippen molar-refractivity contribution in [2.75, 3.05) is 0 Å². The maximum atomic E-state index is 12.0. The molecule has 2 nitrogen and oxygen atoms in total. The SMILES string of the molecule is C=C(OS(=O)c1ccc(C)cc1)c1ccccc1. The summed E-state index contributed by atoms with van der Waals surface area (Å²) in [5.41, 5.74) is 1.95. The first-order valence-electron chi connectivity index (χ1n) is 5.58. The van der Waals surface area contributed by atoms with Crippen LogP contribution in [0, 0.1) is 6.92 Å². The van der Waals surface area contributed by atoms with E-state index in [9.17, 15) is 4.21 Å². The second kappa shape index (κ2) is 5.65. The highest BCUT2D eigenvalue weighted by atomic mass is 32.2. The van der Waals surface area contributed by atoms with Crippen LogP contribution in [0.2, 0.25) is 0 Å². The summed E-state index contributed by atoms with van der Waals surface area (Å²) in [5, 5.41) is 0. The fourth-order valence-electron chi connectivity index (χ4n) is 1.46. The molecule has 0 saturated heterocycles. The first-order valence-corrected chi connectivity index (χ1v) is 6.65. The molecule has 2 rings (SSSR count). The first kappa shape index (κ1) is 12.6. The minimum absolute atomic E-state index is 0.412. The summed E-state index contributed by atoms with van der Waals surface area (Å²) < 4.78 is 17.3. The van der Waals surface area contributed by atoms with E-state index in [4.69, 9.17) is 4.18 Å². The van der Waals surface area contributed by atoms with Crippen LogP contribution in [-0.2, 0) is 15.3 Å². The van der Waals surface area contributed by atoms with Gasteiger partial charge in [0.25, 0.3) is 0 Å². The van der Waals surface area contributed by atoms with Gasteiger partial charge in [0.15, 0.2) is 0 Å². The first-order chi connectivity index (χ1) is 8.66. The minimum Gasteiger partial charge on any atom is -0.397 e. The van der Waals surface area contributed by atoms with E-state index >= 15 is 0 Å². The van der Waals surface area contributed by atoms with Gasteiger partial charge in [0.05, 0.1) is 4.90 Å². The monoisotopic (exact) mass is 258 g/mol. The van der Waals surface area contributed by atoms with Crippen LogP contribution in [-0.4, -0.2) is 4.21 Å². The summed E-state index contributed by atoms with van der Waals surface area (Å²) in [6.45, 7) is 5.78. The van der Waals surface area contributed by atoms with Crippen LogP contribution >= 0.6 is 0 Å². The number of benzene rings is 2. The second-order valence-electron chi connectivity index (χ2n) is 3.92. The van der Waals surface area contributed by atoms with Crippen molar-refractivity contribution < 1.29 is 8.39 Å². The number of hydrogen-bond donors (Lipinski definition) is 0. The van der Waals surface area contributed by atoms with Gasteiger partial charge in [-0.05, 0) is 19.1 Å². The highest BCUT2D eigenvalue weighted by Gasteiger charge is 2.08. The summed E-state index contributed by atoms with van der Waals surface area (Å²) in [4.78, 5) is 0.637. The van der Waals surface area contributed by atoms with Gasteiger partial charge in [-0.3, -0.25) is 0 Å². The van der Waals surface area contributed by atoms with Crippen LogP contribution in [0.4, 0.5) is 0 Å². The smallest absolute Gasteiger partial charge is 0.240 e. The lowest BCUT2D eigenvalue weighted by Gasteiger charge is -2.07. The van der Waals surface area contributed by atoms with E-state index in [0.29, 0.717) is 10.7 Å². The Kier molecular flexibility index (Phi) is 3.95. The zero-order valence-corrected chi connectivity index (χ0v) is 10.9. The van der Waals surface area contributed by atoms with E-state index in [0.717, 1.165) is 11.1 Å². The molecule has 2 aromatic carbocycles. The molecule has 0 amide bonds. The van der Waals surface area contributed by atoms with Crippen molar-refractivity contribution >= 4 is 16.8 Å². The van der Waals surface area contributed by atoms with E-state index in [-0.39, 0.29) is 0 Å². The van der Waals surface area contributed by atoms with Gasteiger partial charge >= 0.3 is 0 Å². The van der Waals surface area contributed by atoms with E-state index in [2.05, 4.69) is 6.58 Å². The Morgan fingerprint density at radius 3 is 2.28 bits per heavy atom. The fraction of sp³-hybridized carbons (Fsp3) is 0.0667. The van der Waals surface area contributed by atoms with E-state index in [1.807, 2.05) is 49.4 Å². The molecule has 1 atom stereocenters. The number of rotatable bonds is 4. The predicted molar refractivity (Wildman–Crippen MR) is 74.1 cm³/mol. The number of aryl methyl sites for hydroxylation is 1. The quantitative estimate of drug-likeness (QED) is 0.781. The molecule has 0 aliphatic carbocycles. The highest BCUT2D eigenvalue weighted by molar-refractivity contribution is 7.80. The Labute approximate surface area is 110 Å². The van der Waals surface area contributed by atoms with Crippen LogP contribution in [0.1, 0.15) is 11.1 Å². The van der Waals surface area contributed by atoms with Gasteiger partial charge in [-0.2, -0.15) is 0 Å². The standard InChI is InChI=1S/C15H14O2S/c1-12-8-10-15(11-9-12)18(16)17-13(2)14-6-4-3-5-7-14/h3-11H,2H2,1H3. The molecule has 0 radical (unpaired) electrons. The topological polar surface area (TPSA) is 26.3 Å². The Hall–Kier alpha value is -1.87. The molecule has 0 saturated carbocycles. The van der Waals surface area contributed by atoms with Gasteiger partial charge in [-0.1, -0.05) is 54.6 Å². The molecule has 0 aliphatic rings. The van der Waals surface area contributed by atoms with Gasteiger partial charge in [-0.15, -0.1) is 0 Å². The summed E-state index contributed by atoms with van der Waals surface area (Å²) >= 11 is -1.52. The molecule has 2 aromatic rings. The minimum atomic E-state index is -1.52. The van der Waals surface area contributed by atoms with Gasteiger partial charge < -0.3 is 4.18 Å². The Morgan fingerprint density at radius 2 is 1.67 bits per heavy atom. The third kappa shape index (κ3) is 3.08. The lowest BCUT2D eigenvalue weighted by molar-refractivity contribution is 0.534. The van der Waals surface area contributed by atoms with Gasteiger partial charge in [0.2, 0.25) is 11.1 Å². The molecule has 0 heterocycles. The van der Waals surface area contributed by atoms with Crippen molar-refractivity contribution in [1.82, 2.24) is 0 Å². The third-order valence-electron chi connectivity index (χ3n) is 2.49. The van der Waals surface area contributed by atoms with Gasteiger partial charge in [-0.25, -0.2) is 4.21 Å². The Balaban J connectivity index is 2.08. The lowest BCUT2D eigenvalue weighted by atomic mass is 10.2. The van der Waals surface area contributed by atoms with Gasteiger partial charge in [0, 0.05) is 5.56 Å². The second-order valence-corrected chi connectivity index (χ2v) is 5.03. The van der Waals surface area contributed by atoms with Crippen molar-refractivity contribution in [1.29, 1.82) is 0 Å². The molecule has 0 aromatic heterocycles. The summed E-state index contributed by atoms with van der Waals surface area (Å²) in [6.07, 6.45) is 0. The average Bonchev–Trinajstić information content (AvgIpc) is 2.40. The van der Waals surface area contributed by atoms with Crippen LogP contribution in [0.15, 0.2) is 66.1 Å². The summed E-state index contributed by atoms with van der Waals surface area (Å²) in [5.74, 6) is 0.412. The van der Waals surface area contributed by atoms with E-state index < -0.39 is 11.1 Å². The normalized spacial score (nSPS) is 11.8. The molecule has 0 N–H and O–H groups in total. The molecule has 0 fully saturated rings. The molecule has 92 valence electrons. The fourth-order valence-corrected chi connectivity index (χ4v) is 2.19. The molecule has 3 heteroatoms. The zero-order valence-electron chi connectivity index (χ0n) is 10.1. The Bertz CT molecular complexity index is 559. The van der Waals surface area contributed by atoms with Crippen LogP contribution in [0.25, 0.3) is 5.76 Å². The lowest BCUT2D eigenvalue weighted by Crippen LogP contribution is -1.97. The maximum Gasteiger partial charge on any atom is 0.240 e. The highest BCUT2D eigenvalue weighted by Crippen LogP contribution is 2.18. The van der Waals surface area contributed by atoms with E-state index in [1.165, 1.54) is 0 Å². The van der Waals surface area contributed by atoms with Crippen molar-refractivity contribution in [3.63, 3.8) is 0 Å². The van der Waals surface area contributed by atoms with E-state index in [1.54, 1.807) is 12.1 Å². The third-order valence-corrected chi connectivity index (χ3v) is 3.50. The molecule has 0 aliphatic heterocycles. The summed E-state index contributed by atoms with van der Waals surface area (Å²) in [6, 6.07) is 16.8. The van der Waals surface area contributed by atoms with Crippen molar-refractivity contribution in [2.24, 2.45) is 0 Å². The van der Waals surface area contributed by atoms with Crippen molar-refractivity contribution in [3.05, 3.63) is 72.3 Å². The Morgan fingerprint density at radius 1 is 1.06 bits per heavy atom. The number of hydrogen-bond acceptors (Lipinski definition) is 2. The van der Waals surface area contributed by atoms with Crippen LogP contribution in [0.5, 0.6) is 0 Å². The summed E-state index contributed by atoms with van der Waals surface area (Å²) in [7, 11) is 0. The van der Waals surface area contributed by atoms with Crippen molar-refractivity contribution in [2.45, 2.75) is 11.8 Å². The van der Waals surface area contributed by atoms with Gasteiger partial charge in [0.1, 0.15) is 5.76 Å². The van der Waals surface area contributed by atoms with Crippen LogP contribution < -0.4 is 0 Å². The molecule has 0 bridgehead atoms. The molecule has 18 heavy (non-hydrogen) atoms. The molecule has 1 unspecified atom stereocenters. The predicted octanol–water partition coefficient (Wildman–Crippen LogP) is 3.71.